The van der Waals surface area contributed by atoms with Crippen molar-refractivity contribution in [3.63, 3.8) is 0 Å². The summed E-state index contributed by atoms with van der Waals surface area (Å²) in [7, 11) is 0. The number of allylic oxidation sites excluding steroid dienone is 1. The van der Waals surface area contributed by atoms with Crippen LogP contribution in [-0.2, 0) is 13.0 Å². The second-order valence-corrected chi connectivity index (χ2v) is 8.86. The van der Waals surface area contributed by atoms with E-state index in [1.807, 2.05) is 68.4 Å². The summed E-state index contributed by atoms with van der Waals surface area (Å²) in [6, 6.07) is 17.5. The van der Waals surface area contributed by atoms with E-state index < -0.39 is 0 Å². The Morgan fingerprint density at radius 2 is 1.94 bits per heavy atom. The quantitative estimate of drug-likeness (QED) is 0.406. The number of aryl methyl sites for hydroxylation is 1. The van der Waals surface area contributed by atoms with Crippen molar-refractivity contribution in [1.29, 1.82) is 0 Å². The first kappa shape index (κ1) is 22.5. The molecule has 0 radical (unpaired) electrons. The highest BCUT2D eigenvalue weighted by molar-refractivity contribution is 6.31. The summed E-state index contributed by atoms with van der Waals surface area (Å²) in [5, 5.41) is 0.772. The fourth-order valence-electron chi connectivity index (χ4n) is 4.43. The molecule has 0 amide bonds. The maximum atomic E-state index is 13.3. The maximum absolute atomic E-state index is 13.3. The molecule has 2 aliphatic heterocycles. The van der Waals surface area contributed by atoms with Crippen molar-refractivity contribution >= 4 is 23.5 Å². The van der Waals surface area contributed by atoms with Gasteiger partial charge in [0.1, 0.15) is 24.0 Å². The van der Waals surface area contributed by atoms with Gasteiger partial charge in [-0.3, -0.25) is 9.69 Å². The SMILES string of the molecule is CCOc1ccccc1/C=C1\Oc2c3c(cc(C)c2C1=O)OCN(CCc1ccccc1Cl)C3. The van der Waals surface area contributed by atoms with Crippen molar-refractivity contribution in [3.05, 3.63) is 93.2 Å². The van der Waals surface area contributed by atoms with Crippen LogP contribution in [0.15, 0.2) is 60.4 Å². The number of hydrogen-bond donors (Lipinski definition) is 0. The molecule has 0 aromatic heterocycles. The average Bonchev–Trinajstić information content (AvgIpc) is 3.17. The van der Waals surface area contributed by atoms with E-state index in [-0.39, 0.29) is 5.78 Å². The van der Waals surface area contributed by atoms with E-state index >= 15 is 0 Å². The second-order valence-electron chi connectivity index (χ2n) is 8.45. The molecule has 0 aliphatic carbocycles. The predicted molar refractivity (Wildman–Crippen MR) is 133 cm³/mol. The van der Waals surface area contributed by atoms with E-state index in [9.17, 15) is 4.79 Å². The Bertz CT molecular complexity index is 1280. The molecule has 0 N–H and O–H groups in total. The number of benzene rings is 3. The third-order valence-corrected chi connectivity index (χ3v) is 6.52. The summed E-state index contributed by atoms with van der Waals surface area (Å²) < 4.78 is 18.0. The van der Waals surface area contributed by atoms with Crippen LogP contribution in [0.3, 0.4) is 0 Å². The van der Waals surface area contributed by atoms with Crippen LogP contribution in [0.4, 0.5) is 0 Å². The number of ether oxygens (including phenoxy) is 3. The summed E-state index contributed by atoms with van der Waals surface area (Å²) in [5.74, 6) is 2.27. The standard InChI is InChI=1S/C28H26ClNO4/c1-3-32-23-11-7-5-9-20(23)15-25-27(31)26-18(2)14-24-21(28(26)34-25)16-30(17-33-24)13-12-19-8-4-6-10-22(19)29/h4-11,14-15H,3,12-13,16-17H2,1-2H3/b25-15-. The van der Waals surface area contributed by atoms with Crippen molar-refractivity contribution in [2.45, 2.75) is 26.8 Å². The summed E-state index contributed by atoms with van der Waals surface area (Å²) in [6.07, 6.45) is 2.57. The second kappa shape index (κ2) is 9.53. The fourth-order valence-corrected chi connectivity index (χ4v) is 4.66. The number of Topliss-reactive ketones (excluding diaryl/α,β-unsaturated/α-hetero) is 1. The lowest BCUT2D eigenvalue weighted by molar-refractivity contribution is 0.0949. The third-order valence-electron chi connectivity index (χ3n) is 6.15. The molecular weight excluding hydrogens is 450 g/mol. The van der Waals surface area contributed by atoms with E-state index in [1.54, 1.807) is 6.08 Å². The average molecular weight is 476 g/mol. The van der Waals surface area contributed by atoms with Gasteiger partial charge in [0.25, 0.3) is 0 Å². The lowest BCUT2D eigenvalue weighted by Gasteiger charge is -2.30. The first-order chi connectivity index (χ1) is 16.5. The molecular formula is C28H26ClNO4. The van der Waals surface area contributed by atoms with E-state index in [1.165, 1.54) is 0 Å². The Labute approximate surface area is 204 Å². The minimum atomic E-state index is -0.116. The van der Waals surface area contributed by atoms with Crippen LogP contribution < -0.4 is 14.2 Å². The van der Waals surface area contributed by atoms with E-state index in [0.717, 1.165) is 51.7 Å². The molecule has 2 heterocycles. The molecule has 5 rings (SSSR count). The Morgan fingerprint density at radius 3 is 2.76 bits per heavy atom. The topological polar surface area (TPSA) is 48.0 Å². The number of carbonyl (C=O) groups is 1. The highest BCUT2D eigenvalue weighted by Gasteiger charge is 2.35. The van der Waals surface area contributed by atoms with Crippen molar-refractivity contribution in [3.8, 4) is 17.2 Å². The van der Waals surface area contributed by atoms with Gasteiger partial charge in [-0.25, -0.2) is 0 Å². The van der Waals surface area contributed by atoms with Gasteiger partial charge in [0.05, 0.1) is 17.7 Å². The van der Waals surface area contributed by atoms with Gasteiger partial charge in [0.15, 0.2) is 5.76 Å². The van der Waals surface area contributed by atoms with Gasteiger partial charge in [-0.05, 0) is 55.7 Å². The highest BCUT2D eigenvalue weighted by atomic mass is 35.5. The molecule has 0 fully saturated rings. The van der Waals surface area contributed by atoms with E-state index in [2.05, 4.69) is 4.90 Å². The predicted octanol–water partition coefficient (Wildman–Crippen LogP) is 6.06. The Hall–Kier alpha value is -3.28. The largest absolute Gasteiger partial charge is 0.493 e. The Balaban J connectivity index is 1.41. The molecule has 2 aliphatic rings. The molecule has 6 heteroatoms. The van der Waals surface area contributed by atoms with Crippen LogP contribution in [0.1, 0.15) is 39.5 Å². The number of rotatable bonds is 6. The molecule has 0 spiro atoms. The van der Waals surface area contributed by atoms with Gasteiger partial charge < -0.3 is 14.2 Å². The zero-order chi connectivity index (χ0) is 23.7. The van der Waals surface area contributed by atoms with Crippen LogP contribution in [0, 0.1) is 6.92 Å². The summed E-state index contributed by atoms with van der Waals surface area (Å²) >= 11 is 6.32. The normalized spacial score (nSPS) is 16.1. The fraction of sp³-hybridized carbons (Fsp3) is 0.250. The number of fused-ring (bicyclic) bond motifs is 3. The number of para-hydroxylation sites is 1. The van der Waals surface area contributed by atoms with Crippen molar-refractivity contribution in [2.75, 3.05) is 19.9 Å². The number of hydrogen-bond acceptors (Lipinski definition) is 5. The number of nitrogens with zero attached hydrogens (tertiary/aromatic N) is 1. The van der Waals surface area contributed by atoms with Gasteiger partial charge in [0, 0.05) is 23.7 Å². The summed E-state index contributed by atoms with van der Waals surface area (Å²) in [5.41, 5.74) is 4.28. The van der Waals surface area contributed by atoms with Gasteiger partial charge in [-0.1, -0.05) is 48.0 Å². The Morgan fingerprint density at radius 1 is 1.15 bits per heavy atom. The molecule has 5 nitrogen and oxygen atoms in total. The number of carbonyl (C=O) groups excluding carboxylic acids is 1. The van der Waals surface area contributed by atoms with Gasteiger partial charge in [0.2, 0.25) is 5.78 Å². The summed E-state index contributed by atoms with van der Waals surface area (Å²) in [4.78, 5) is 15.5. The molecule has 0 unspecified atom stereocenters. The minimum absolute atomic E-state index is 0.116. The van der Waals surface area contributed by atoms with Crippen molar-refractivity contribution in [2.24, 2.45) is 0 Å². The number of ketones is 1. The zero-order valence-electron chi connectivity index (χ0n) is 19.3. The molecule has 3 aromatic carbocycles. The van der Waals surface area contributed by atoms with Gasteiger partial charge in [-0.15, -0.1) is 0 Å². The van der Waals surface area contributed by atoms with Gasteiger partial charge >= 0.3 is 0 Å². The molecule has 0 saturated heterocycles. The first-order valence-corrected chi connectivity index (χ1v) is 11.8. The smallest absolute Gasteiger partial charge is 0.232 e. The maximum Gasteiger partial charge on any atom is 0.232 e. The lowest BCUT2D eigenvalue weighted by Crippen LogP contribution is -2.34. The van der Waals surface area contributed by atoms with Crippen LogP contribution >= 0.6 is 11.6 Å². The number of halogens is 1. The van der Waals surface area contributed by atoms with E-state index in [0.29, 0.717) is 37.0 Å². The molecule has 0 bridgehead atoms. The van der Waals surface area contributed by atoms with E-state index in [4.69, 9.17) is 25.8 Å². The third kappa shape index (κ3) is 4.29. The molecule has 3 aromatic rings. The van der Waals surface area contributed by atoms with Crippen molar-refractivity contribution < 1.29 is 19.0 Å². The van der Waals surface area contributed by atoms with Crippen LogP contribution in [0.2, 0.25) is 5.02 Å². The minimum Gasteiger partial charge on any atom is -0.493 e. The van der Waals surface area contributed by atoms with Crippen molar-refractivity contribution in [1.82, 2.24) is 4.90 Å². The van der Waals surface area contributed by atoms with Crippen LogP contribution in [-0.4, -0.2) is 30.6 Å². The molecule has 34 heavy (non-hydrogen) atoms. The Kier molecular flexibility index (Phi) is 6.31. The molecule has 174 valence electrons. The van der Waals surface area contributed by atoms with Crippen LogP contribution in [0.25, 0.3) is 6.08 Å². The van der Waals surface area contributed by atoms with Gasteiger partial charge in [-0.2, -0.15) is 0 Å². The zero-order valence-corrected chi connectivity index (χ0v) is 20.0. The summed E-state index contributed by atoms with van der Waals surface area (Å²) in [6.45, 7) is 6.30. The molecule has 0 atom stereocenters. The monoisotopic (exact) mass is 475 g/mol. The highest BCUT2D eigenvalue weighted by Crippen LogP contribution is 2.44. The van der Waals surface area contributed by atoms with Crippen LogP contribution in [0.5, 0.6) is 17.2 Å². The molecule has 0 saturated carbocycles. The lowest BCUT2D eigenvalue weighted by atomic mass is 9.98. The first-order valence-electron chi connectivity index (χ1n) is 11.5.